The largest absolute Gasteiger partial charge is 0.224 e. The second-order valence-electron chi connectivity index (χ2n) is 7.41. The molecule has 0 heterocycles. The van der Waals surface area contributed by atoms with E-state index >= 15 is 0 Å². The lowest BCUT2D eigenvalue weighted by atomic mass is 9.88. The van der Waals surface area contributed by atoms with Crippen LogP contribution in [0.5, 0.6) is 0 Å². The van der Waals surface area contributed by atoms with Crippen molar-refractivity contribution in [1.29, 1.82) is 0 Å². The van der Waals surface area contributed by atoms with Gasteiger partial charge in [0.05, 0.1) is 4.90 Å². The Balaban J connectivity index is 1.62. The molecule has 1 aliphatic carbocycles. The van der Waals surface area contributed by atoms with Crippen LogP contribution in [0.25, 0.3) is 0 Å². The molecule has 0 radical (unpaired) electrons. The van der Waals surface area contributed by atoms with Crippen molar-refractivity contribution in [1.82, 2.24) is 0 Å². The summed E-state index contributed by atoms with van der Waals surface area (Å²) in [5.74, 6) is 1.32. The van der Waals surface area contributed by atoms with Gasteiger partial charge in [-0.1, -0.05) is 31.2 Å². The zero-order valence-electron chi connectivity index (χ0n) is 14.8. The molecule has 1 unspecified atom stereocenters. The van der Waals surface area contributed by atoms with Crippen LogP contribution in [0.1, 0.15) is 55.6 Å². The molecule has 134 valence electrons. The summed E-state index contributed by atoms with van der Waals surface area (Å²) in [7, 11) is -3.13. The van der Waals surface area contributed by atoms with Crippen LogP contribution in [0.15, 0.2) is 53.4 Å². The van der Waals surface area contributed by atoms with E-state index in [9.17, 15) is 12.8 Å². The Kier molecular flexibility index (Phi) is 5.28. The van der Waals surface area contributed by atoms with E-state index in [0.717, 1.165) is 24.8 Å². The van der Waals surface area contributed by atoms with Gasteiger partial charge in [0.2, 0.25) is 0 Å². The molecule has 3 atom stereocenters. The lowest BCUT2D eigenvalue weighted by Gasteiger charge is -2.17. The highest BCUT2D eigenvalue weighted by molar-refractivity contribution is 7.90. The Bertz CT molecular complexity index is 827. The van der Waals surface area contributed by atoms with Crippen LogP contribution in [0.3, 0.4) is 0 Å². The van der Waals surface area contributed by atoms with Crippen molar-refractivity contribution in [3.05, 3.63) is 65.5 Å². The van der Waals surface area contributed by atoms with Crippen molar-refractivity contribution in [3.63, 3.8) is 0 Å². The fourth-order valence-corrected chi connectivity index (χ4v) is 4.66. The number of sulfone groups is 1. The van der Waals surface area contributed by atoms with Crippen molar-refractivity contribution in [2.45, 2.75) is 49.3 Å². The van der Waals surface area contributed by atoms with Gasteiger partial charge >= 0.3 is 0 Å². The predicted octanol–water partition coefficient (Wildman–Crippen LogP) is 5.31. The Morgan fingerprint density at radius 1 is 1.12 bits per heavy atom. The van der Waals surface area contributed by atoms with E-state index in [2.05, 4.69) is 6.92 Å². The van der Waals surface area contributed by atoms with Crippen LogP contribution in [0.4, 0.5) is 4.39 Å². The van der Waals surface area contributed by atoms with E-state index in [4.69, 9.17) is 0 Å². The molecular formula is C21H25FO2S. The highest BCUT2D eigenvalue weighted by Gasteiger charge is 2.27. The summed E-state index contributed by atoms with van der Waals surface area (Å²) in [5.41, 5.74) is 2.30. The minimum Gasteiger partial charge on any atom is -0.224 e. The van der Waals surface area contributed by atoms with Gasteiger partial charge in [-0.05, 0) is 78.8 Å². The summed E-state index contributed by atoms with van der Waals surface area (Å²) in [6.45, 7) is 2.17. The summed E-state index contributed by atoms with van der Waals surface area (Å²) in [6.07, 6.45) is 5.75. The average molecular weight is 360 g/mol. The predicted molar refractivity (Wildman–Crippen MR) is 99.1 cm³/mol. The zero-order valence-corrected chi connectivity index (χ0v) is 15.6. The molecule has 0 aliphatic heterocycles. The normalized spacial score (nSPS) is 22.0. The minimum absolute atomic E-state index is 0.167. The maximum atomic E-state index is 13.4. The molecule has 2 aromatic rings. The third-order valence-corrected chi connectivity index (χ3v) is 6.55. The van der Waals surface area contributed by atoms with E-state index in [1.54, 1.807) is 24.3 Å². The van der Waals surface area contributed by atoms with Crippen molar-refractivity contribution < 1.29 is 12.8 Å². The first-order chi connectivity index (χ1) is 11.8. The van der Waals surface area contributed by atoms with Gasteiger partial charge in [-0.25, -0.2) is 12.8 Å². The van der Waals surface area contributed by atoms with E-state index in [-0.39, 0.29) is 5.82 Å². The number of rotatable bonds is 5. The molecule has 2 nitrogen and oxygen atoms in total. The molecule has 0 bridgehead atoms. The molecule has 0 aromatic heterocycles. The van der Waals surface area contributed by atoms with Crippen molar-refractivity contribution >= 4 is 9.84 Å². The van der Waals surface area contributed by atoms with Gasteiger partial charge in [0.25, 0.3) is 0 Å². The molecular weight excluding hydrogens is 335 g/mol. The smallest absolute Gasteiger partial charge is 0.175 e. The maximum Gasteiger partial charge on any atom is 0.175 e. The summed E-state index contributed by atoms with van der Waals surface area (Å²) in [5, 5.41) is 0. The standard InChI is InChI=1S/C21H25FO2S/c1-15(18-4-3-5-20(22)14-18)12-16-6-7-19(13-16)17-8-10-21(11-9-17)25(2,23)24/h3-5,8-11,14-16,19H,6-7,12-13H2,1-2H3/t15-,16?,19-/m0/s1. The Morgan fingerprint density at radius 3 is 2.48 bits per heavy atom. The molecule has 1 saturated carbocycles. The molecule has 0 N–H and O–H groups in total. The van der Waals surface area contributed by atoms with Crippen LogP contribution in [0.2, 0.25) is 0 Å². The average Bonchev–Trinajstić information content (AvgIpc) is 3.02. The monoisotopic (exact) mass is 360 g/mol. The molecule has 1 fully saturated rings. The van der Waals surface area contributed by atoms with Gasteiger partial charge in [-0.2, -0.15) is 0 Å². The van der Waals surface area contributed by atoms with Gasteiger partial charge in [0.15, 0.2) is 9.84 Å². The zero-order chi connectivity index (χ0) is 18.0. The van der Waals surface area contributed by atoms with Crippen LogP contribution in [-0.4, -0.2) is 14.7 Å². The van der Waals surface area contributed by atoms with Crippen molar-refractivity contribution in [2.24, 2.45) is 5.92 Å². The topological polar surface area (TPSA) is 34.1 Å². The lowest BCUT2D eigenvalue weighted by Crippen LogP contribution is -2.03. The summed E-state index contributed by atoms with van der Waals surface area (Å²) >= 11 is 0. The fourth-order valence-electron chi connectivity index (χ4n) is 4.03. The molecule has 0 saturated heterocycles. The Labute approximate surface area is 150 Å². The quantitative estimate of drug-likeness (QED) is 0.724. The SMILES string of the molecule is C[C@@H](CC1CC[C@H](c2ccc(S(C)(=O)=O)cc2)C1)c1cccc(F)c1. The number of hydrogen-bond donors (Lipinski definition) is 0. The van der Waals surface area contributed by atoms with Gasteiger partial charge < -0.3 is 0 Å². The molecule has 3 rings (SSSR count). The summed E-state index contributed by atoms with van der Waals surface area (Å²) < 4.78 is 36.5. The van der Waals surface area contributed by atoms with Crippen molar-refractivity contribution in [3.8, 4) is 0 Å². The number of halogens is 1. The van der Waals surface area contributed by atoms with Gasteiger partial charge in [0.1, 0.15) is 5.82 Å². The number of hydrogen-bond acceptors (Lipinski definition) is 2. The first kappa shape index (κ1) is 18.1. The molecule has 25 heavy (non-hydrogen) atoms. The Hall–Kier alpha value is -1.68. The lowest BCUT2D eigenvalue weighted by molar-refractivity contribution is 0.453. The third-order valence-electron chi connectivity index (χ3n) is 5.43. The first-order valence-corrected chi connectivity index (χ1v) is 10.8. The molecule has 4 heteroatoms. The second kappa shape index (κ2) is 7.28. The summed E-state index contributed by atoms with van der Waals surface area (Å²) in [6, 6.07) is 14.3. The van der Waals surface area contributed by atoms with E-state index in [1.165, 1.54) is 24.3 Å². The third kappa shape index (κ3) is 4.49. The Morgan fingerprint density at radius 2 is 1.84 bits per heavy atom. The van der Waals surface area contributed by atoms with Gasteiger partial charge in [0, 0.05) is 6.26 Å². The molecule has 1 aliphatic rings. The fraction of sp³-hybridized carbons (Fsp3) is 0.429. The van der Waals surface area contributed by atoms with E-state index in [0.29, 0.717) is 22.6 Å². The second-order valence-corrected chi connectivity index (χ2v) is 9.42. The van der Waals surface area contributed by atoms with Gasteiger partial charge in [-0.15, -0.1) is 0 Å². The van der Waals surface area contributed by atoms with Crippen LogP contribution in [0, 0.1) is 11.7 Å². The van der Waals surface area contributed by atoms with Gasteiger partial charge in [-0.3, -0.25) is 0 Å². The molecule has 0 spiro atoms. The maximum absolute atomic E-state index is 13.4. The van der Waals surface area contributed by atoms with Crippen LogP contribution in [-0.2, 0) is 9.84 Å². The minimum atomic E-state index is -3.13. The highest BCUT2D eigenvalue weighted by atomic mass is 32.2. The van der Waals surface area contributed by atoms with Crippen molar-refractivity contribution in [2.75, 3.05) is 6.26 Å². The molecule has 0 amide bonds. The van der Waals surface area contributed by atoms with E-state index in [1.807, 2.05) is 18.2 Å². The van der Waals surface area contributed by atoms with Crippen LogP contribution >= 0.6 is 0 Å². The summed E-state index contributed by atoms with van der Waals surface area (Å²) in [4.78, 5) is 0.380. The van der Waals surface area contributed by atoms with Crippen LogP contribution < -0.4 is 0 Å². The number of benzene rings is 2. The molecule has 2 aromatic carbocycles. The highest BCUT2D eigenvalue weighted by Crippen LogP contribution is 2.42. The van der Waals surface area contributed by atoms with E-state index < -0.39 is 9.84 Å². The first-order valence-electron chi connectivity index (χ1n) is 8.88.